The van der Waals surface area contributed by atoms with Crippen LogP contribution in [-0.4, -0.2) is 51.5 Å². The maximum Gasteiger partial charge on any atom is 0.208 e. The topological polar surface area (TPSA) is 66.5 Å². The van der Waals surface area contributed by atoms with Crippen molar-refractivity contribution < 1.29 is 13.2 Å². The summed E-state index contributed by atoms with van der Waals surface area (Å²) in [5.74, 6) is 0.276. The highest BCUT2D eigenvalue weighted by Crippen LogP contribution is 2.22. The Hall–Kier alpha value is -0.170. The molecule has 18 heavy (non-hydrogen) atoms. The summed E-state index contributed by atoms with van der Waals surface area (Å²) >= 11 is 0. The van der Waals surface area contributed by atoms with Crippen molar-refractivity contribution in [2.24, 2.45) is 5.92 Å². The van der Waals surface area contributed by atoms with E-state index in [0.29, 0.717) is 0 Å². The zero-order valence-corrected chi connectivity index (χ0v) is 12.6. The van der Waals surface area contributed by atoms with E-state index in [0.717, 1.165) is 45.0 Å². The van der Waals surface area contributed by atoms with Gasteiger partial charge in [-0.3, -0.25) is 0 Å². The van der Waals surface area contributed by atoms with E-state index >= 15 is 0 Å². The first-order valence-electron chi connectivity index (χ1n) is 6.09. The van der Waals surface area contributed by atoms with E-state index in [1.165, 1.54) is 0 Å². The highest BCUT2D eigenvalue weighted by Gasteiger charge is 2.27. The lowest BCUT2D eigenvalue weighted by Gasteiger charge is -2.35. The van der Waals surface area contributed by atoms with Crippen molar-refractivity contribution in [3.8, 4) is 0 Å². The second-order valence-electron chi connectivity index (χ2n) is 4.67. The lowest BCUT2D eigenvalue weighted by molar-refractivity contribution is -0.108. The van der Waals surface area contributed by atoms with E-state index in [1.54, 1.807) is 0 Å². The third kappa shape index (κ3) is 6.13. The number of piperidine rings is 1. The number of nitrogens with zero attached hydrogens (tertiary/aromatic N) is 1. The summed E-state index contributed by atoms with van der Waals surface area (Å²) in [6, 6.07) is -0.235. The maximum absolute atomic E-state index is 11.2. The minimum Gasteiger partial charge on any atom is -0.304 e. The summed E-state index contributed by atoms with van der Waals surface area (Å²) in [6.07, 6.45) is 4.12. The van der Waals surface area contributed by atoms with Gasteiger partial charge < -0.3 is 9.69 Å². The molecule has 1 aliphatic rings. The molecule has 0 spiro atoms. The molecule has 1 saturated heterocycles. The standard InChI is InChI=1S/C11H22N2O3S.ClH/c1-3-13-7-4-10(5-8-13)11(6-9-14)12-17(2,15)16;/h9-12H,3-8H2,1-2H3;1H. The lowest BCUT2D eigenvalue weighted by atomic mass is 9.88. The molecular weight excluding hydrogens is 276 g/mol. The number of carbonyl (C=O) groups is 1. The van der Waals surface area contributed by atoms with Gasteiger partial charge in [-0.2, -0.15) is 0 Å². The van der Waals surface area contributed by atoms with Gasteiger partial charge in [-0.1, -0.05) is 6.92 Å². The Labute approximate surface area is 116 Å². The fourth-order valence-electron chi connectivity index (χ4n) is 2.39. The predicted molar refractivity (Wildman–Crippen MR) is 74.5 cm³/mol. The van der Waals surface area contributed by atoms with Crippen LogP contribution in [0.2, 0.25) is 0 Å². The molecule has 0 bridgehead atoms. The van der Waals surface area contributed by atoms with Crippen molar-refractivity contribution >= 4 is 28.7 Å². The third-order valence-corrected chi connectivity index (χ3v) is 4.09. The summed E-state index contributed by atoms with van der Waals surface area (Å²) in [4.78, 5) is 13.0. The molecule has 0 aromatic rings. The molecule has 1 aliphatic heterocycles. The lowest BCUT2D eigenvalue weighted by Crippen LogP contribution is -2.45. The number of carbonyl (C=O) groups excluding carboxylic acids is 1. The van der Waals surface area contributed by atoms with Gasteiger partial charge >= 0.3 is 0 Å². The van der Waals surface area contributed by atoms with Crippen molar-refractivity contribution in [2.45, 2.75) is 32.2 Å². The third-order valence-electron chi connectivity index (χ3n) is 3.36. The Bertz CT molecular complexity index is 340. The first-order valence-corrected chi connectivity index (χ1v) is 7.98. The van der Waals surface area contributed by atoms with Gasteiger partial charge in [-0.25, -0.2) is 13.1 Å². The van der Waals surface area contributed by atoms with Crippen molar-refractivity contribution in [1.82, 2.24) is 9.62 Å². The van der Waals surface area contributed by atoms with Crippen LogP contribution >= 0.6 is 12.4 Å². The van der Waals surface area contributed by atoms with Gasteiger partial charge in [0.05, 0.1) is 6.26 Å². The molecule has 5 nitrogen and oxygen atoms in total. The van der Waals surface area contributed by atoms with Crippen LogP contribution in [0.5, 0.6) is 0 Å². The minimum atomic E-state index is -3.24. The zero-order valence-electron chi connectivity index (χ0n) is 11.0. The number of aldehydes is 1. The van der Waals surface area contributed by atoms with Crippen molar-refractivity contribution in [1.29, 1.82) is 0 Å². The van der Waals surface area contributed by atoms with E-state index in [-0.39, 0.29) is 30.8 Å². The Balaban J connectivity index is 0.00000289. The van der Waals surface area contributed by atoms with E-state index in [9.17, 15) is 13.2 Å². The monoisotopic (exact) mass is 298 g/mol. The van der Waals surface area contributed by atoms with Crippen LogP contribution < -0.4 is 4.72 Å². The molecule has 1 unspecified atom stereocenters. The predicted octanol–water partition coefficient (Wildman–Crippen LogP) is 0.647. The fraction of sp³-hybridized carbons (Fsp3) is 0.909. The molecule has 0 radical (unpaired) electrons. The van der Waals surface area contributed by atoms with Crippen LogP contribution in [-0.2, 0) is 14.8 Å². The summed E-state index contributed by atoms with van der Waals surface area (Å²) < 4.78 is 25.1. The summed E-state index contributed by atoms with van der Waals surface area (Å²) in [5, 5.41) is 0. The molecule has 0 amide bonds. The molecule has 1 rings (SSSR count). The summed E-state index contributed by atoms with van der Waals surface area (Å²) in [7, 11) is -3.24. The second kappa shape index (κ2) is 8.09. The largest absolute Gasteiger partial charge is 0.304 e. The number of rotatable bonds is 6. The molecule has 1 fully saturated rings. The smallest absolute Gasteiger partial charge is 0.208 e. The normalized spacial score (nSPS) is 20.1. The minimum absolute atomic E-state index is 0. The highest BCUT2D eigenvalue weighted by molar-refractivity contribution is 7.88. The quantitative estimate of drug-likeness (QED) is 0.731. The molecule has 108 valence electrons. The Kier molecular flexibility index (Phi) is 8.02. The Morgan fingerprint density at radius 3 is 2.33 bits per heavy atom. The van der Waals surface area contributed by atoms with E-state index in [1.807, 2.05) is 0 Å². The van der Waals surface area contributed by atoms with Gasteiger partial charge in [0, 0.05) is 12.5 Å². The van der Waals surface area contributed by atoms with Gasteiger partial charge in [0.15, 0.2) is 0 Å². The molecule has 0 aromatic carbocycles. The molecule has 0 aliphatic carbocycles. The van der Waals surface area contributed by atoms with Crippen LogP contribution in [0.25, 0.3) is 0 Å². The summed E-state index contributed by atoms with van der Waals surface area (Å²) in [5.41, 5.74) is 0. The Morgan fingerprint density at radius 1 is 1.39 bits per heavy atom. The van der Waals surface area contributed by atoms with Crippen LogP contribution in [0.3, 0.4) is 0 Å². The van der Waals surface area contributed by atoms with E-state index in [2.05, 4.69) is 16.5 Å². The van der Waals surface area contributed by atoms with Gasteiger partial charge in [-0.15, -0.1) is 12.4 Å². The van der Waals surface area contributed by atoms with Gasteiger partial charge in [0.1, 0.15) is 6.29 Å². The van der Waals surface area contributed by atoms with Gasteiger partial charge in [0.25, 0.3) is 0 Å². The van der Waals surface area contributed by atoms with Crippen LogP contribution in [0.4, 0.5) is 0 Å². The molecular formula is C11H23ClN2O3S. The van der Waals surface area contributed by atoms with E-state index in [4.69, 9.17) is 0 Å². The van der Waals surface area contributed by atoms with Crippen LogP contribution in [0.1, 0.15) is 26.2 Å². The van der Waals surface area contributed by atoms with Crippen LogP contribution in [0.15, 0.2) is 0 Å². The number of likely N-dealkylation sites (tertiary alicyclic amines) is 1. The number of nitrogens with one attached hydrogen (secondary N) is 1. The second-order valence-corrected chi connectivity index (χ2v) is 6.45. The molecule has 0 saturated carbocycles. The van der Waals surface area contributed by atoms with E-state index < -0.39 is 10.0 Å². The fourth-order valence-corrected chi connectivity index (χ4v) is 3.23. The first-order chi connectivity index (χ1) is 7.96. The first kappa shape index (κ1) is 17.8. The number of sulfonamides is 1. The zero-order chi connectivity index (χ0) is 12.9. The van der Waals surface area contributed by atoms with Gasteiger partial charge in [0.2, 0.25) is 10.0 Å². The van der Waals surface area contributed by atoms with Crippen LogP contribution in [0, 0.1) is 5.92 Å². The Morgan fingerprint density at radius 2 is 1.94 bits per heavy atom. The molecule has 1 atom stereocenters. The number of hydrogen-bond acceptors (Lipinski definition) is 4. The molecule has 7 heteroatoms. The van der Waals surface area contributed by atoms with Crippen molar-refractivity contribution in [3.63, 3.8) is 0 Å². The molecule has 0 aromatic heterocycles. The number of hydrogen-bond donors (Lipinski definition) is 1. The van der Waals surface area contributed by atoms with Crippen molar-refractivity contribution in [3.05, 3.63) is 0 Å². The average Bonchev–Trinajstić information content (AvgIpc) is 2.27. The number of halogens is 1. The molecule has 1 N–H and O–H groups in total. The van der Waals surface area contributed by atoms with Crippen molar-refractivity contribution in [2.75, 3.05) is 25.9 Å². The molecule has 1 heterocycles. The van der Waals surface area contributed by atoms with Gasteiger partial charge in [-0.05, 0) is 38.4 Å². The highest BCUT2D eigenvalue weighted by atomic mass is 35.5. The summed E-state index contributed by atoms with van der Waals surface area (Å²) in [6.45, 7) is 5.13. The maximum atomic E-state index is 11.2. The SMILES string of the molecule is CCN1CCC(C(CC=O)NS(C)(=O)=O)CC1.Cl. The average molecular weight is 299 g/mol.